The summed E-state index contributed by atoms with van der Waals surface area (Å²) < 4.78 is 11.5. The van der Waals surface area contributed by atoms with E-state index < -0.39 is 7.14 Å². The third-order valence-corrected chi connectivity index (χ3v) is 4.10. The normalized spacial score (nSPS) is 11.9. The van der Waals surface area contributed by atoms with Gasteiger partial charge in [0.15, 0.2) is 0 Å². The molecule has 0 bridgehead atoms. The van der Waals surface area contributed by atoms with Crippen LogP contribution in [0.3, 0.4) is 0 Å². The van der Waals surface area contributed by atoms with Crippen LogP contribution >= 0.6 is 18.5 Å². The Hall–Kier alpha value is -0.110. The first-order valence-electron chi connectivity index (χ1n) is 3.37. The molecule has 0 amide bonds. The minimum atomic E-state index is -2.06. The summed E-state index contributed by atoms with van der Waals surface area (Å²) in [6.45, 7) is 4.09. The number of thiophene rings is 1. The summed E-state index contributed by atoms with van der Waals surface area (Å²) in [6, 6.07) is 1.94. The Morgan fingerprint density at radius 2 is 2.27 bits per heavy atom. The first-order valence-corrected chi connectivity index (χ1v) is 6.85. The zero-order valence-corrected chi connectivity index (χ0v) is 8.41. The van der Waals surface area contributed by atoms with E-state index in [1.807, 2.05) is 11.4 Å². The fourth-order valence-corrected chi connectivity index (χ4v) is 3.12. The molecule has 0 spiro atoms. The Morgan fingerprint density at radius 3 is 2.55 bits per heavy atom. The van der Waals surface area contributed by atoms with Crippen molar-refractivity contribution in [2.24, 2.45) is 5.73 Å². The summed E-state index contributed by atoms with van der Waals surface area (Å²) in [5.41, 5.74) is 5.43. The van der Waals surface area contributed by atoms with Gasteiger partial charge >= 0.3 is 0 Å². The van der Waals surface area contributed by atoms with Crippen molar-refractivity contribution in [1.82, 2.24) is 0 Å². The van der Waals surface area contributed by atoms with Crippen LogP contribution in [-0.4, -0.2) is 13.3 Å². The summed E-state index contributed by atoms with van der Waals surface area (Å²) >= 11 is 1.58. The van der Waals surface area contributed by atoms with Gasteiger partial charge in [0.25, 0.3) is 0 Å². The van der Waals surface area contributed by atoms with Gasteiger partial charge in [-0.2, -0.15) is 0 Å². The summed E-state index contributed by atoms with van der Waals surface area (Å²) in [5.74, 6) is 0. The van der Waals surface area contributed by atoms with Gasteiger partial charge in [-0.05, 0) is 19.4 Å². The molecule has 1 rings (SSSR count). The van der Waals surface area contributed by atoms with Crippen molar-refractivity contribution < 1.29 is 4.57 Å². The highest BCUT2D eigenvalue weighted by molar-refractivity contribution is 7.70. The molecular formula is C7H12NOPS. The molecule has 62 valence electrons. The summed E-state index contributed by atoms with van der Waals surface area (Å²) in [6.07, 6.45) is 0. The topological polar surface area (TPSA) is 43.1 Å². The molecule has 2 N–H and O–H groups in total. The van der Waals surface area contributed by atoms with E-state index in [9.17, 15) is 4.57 Å². The van der Waals surface area contributed by atoms with Crippen molar-refractivity contribution in [3.05, 3.63) is 16.3 Å². The number of hydrogen-bond donors (Lipinski definition) is 1. The molecule has 0 unspecified atom stereocenters. The first kappa shape index (κ1) is 8.98. The van der Waals surface area contributed by atoms with Gasteiger partial charge in [-0.25, -0.2) is 0 Å². The largest absolute Gasteiger partial charge is 0.326 e. The summed E-state index contributed by atoms with van der Waals surface area (Å²) in [4.78, 5) is 1.10. The molecule has 0 saturated heterocycles. The molecule has 1 heterocycles. The predicted molar refractivity (Wildman–Crippen MR) is 51.3 cm³/mol. The fraction of sp³-hybridized carbons (Fsp3) is 0.429. The van der Waals surface area contributed by atoms with Crippen molar-refractivity contribution in [1.29, 1.82) is 0 Å². The maximum atomic E-state index is 11.5. The number of hydrogen-bond acceptors (Lipinski definition) is 3. The molecule has 0 atom stereocenters. The van der Waals surface area contributed by atoms with Gasteiger partial charge in [-0.3, -0.25) is 0 Å². The fourth-order valence-electron chi connectivity index (χ4n) is 0.758. The Balaban J connectivity index is 2.99. The Kier molecular flexibility index (Phi) is 2.53. The van der Waals surface area contributed by atoms with Gasteiger partial charge in [0, 0.05) is 22.1 Å². The second-order valence-electron chi connectivity index (χ2n) is 2.83. The van der Waals surface area contributed by atoms with Crippen LogP contribution in [0.2, 0.25) is 0 Å². The molecule has 1 aromatic rings. The quantitative estimate of drug-likeness (QED) is 0.715. The maximum absolute atomic E-state index is 11.5. The molecule has 11 heavy (non-hydrogen) atoms. The van der Waals surface area contributed by atoms with E-state index in [4.69, 9.17) is 5.73 Å². The van der Waals surface area contributed by atoms with Gasteiger partial charge in [0.1, 0.15) is 7.14 Å². The minimum Gasteiger partial charge on any atom is -0.326 e. The average molecular weight is 189 g/mol. The molecule has 1 aromatic heterocycles. The molecule has 0 fully saturated rings. The third-order valence-electron chi connectivity index (χ3n) is 1.46. The van der Waals surface area contributed by atoms with Gasteiger partial charge in [0.05, 0.1) is 0 Å². The van der Waals surface area contributed by atoms with Gasteiger partial charge in [-0.15, -0.1) is 11.3 Å². The van der Waals surface area contributed by atoms with Crippen LogP contribution in [0.5, 0.6) is 0 Å². The van der Waals surface area contributed by atoms with Crippen molar-refractivity contribution in [3.63, 3.8) is 0 Å². The summed E-state index contributed by atoms with van der Waals surface area (Å²) in [7, 11) is -2.06. The van der Waals surface area contributed by atoms with Gasteiger partial charge < -0.3 is 10.3 Å². The van der Waals surface area contributed by atoms with E-state index >= 15 is 0 Å². The zero-order chi connectivity index (χ0) is 8.48. The highest BCUT2D eigenvalue weighted by Gasteiger charge is 2.12. The van der Waals surface area contributed by atoms with Crippen LogP contribution in [-0.2, 0) is 11.1 Å². The van der Waals surface area contributed by atoms with E-state index in [-0.39, 0.29) is 0 Å². The highest BCUT2D eigenvalue weighted by atomic mass is 32.1. The lowest BCUT2D eigenvalue weighted by Gasteiger charge is -2.00. The van der Waals surface area contributed by atoms with Crippen molar-refractivity contribution >= 4 is 23.8 Å². The second kappa shape index (κ2) is 3.10. The van der Waals surface area contributed by atoms with Crippen molar-refractivity contribution in [2.75, 3.05) is 13.3 Å². The van der Waals surface area contributed by atoms with E-state index in [1.54, 1.807) is 24.7 Å². The smallest absolute Gasteiger partial charge is 0.110 e. The molecule has 0 aliphatic carbocycles. The van der Waals surface area contributed by atoms with Crippen LogP contribution < -0.4 is 11.0 Å². The third kappa shape index (κ3) is 2.16. The monoisotopic (exact) mass is 189 g/mol. The molecule has 4 heteroatoms. The minimum absolute atomic E-state index is 0.546. The molecule has 0 aliphatic rings. The van der Waals surface area contributed by atoms with Crippen LogP contribution in [0.4, 0.5) is 0 Å². The SMILES string of the molecule is CP(C)(=O)c1csc(CN)c1. The van der Waals surface area contributed by atoms with Crippen LogP contribution in [0.25, 0.3) is 0 Å². The average Bonchev–Trinajstić information content (AvgIpc) is 2.32. The van der Waals surface area contributed by atoms with E-state index in [0.29, 0.717) is 6.54 Å². The lowest BCUT2D eigenvalue weighted by atomic mass is 10.5. The van der Waals surface area contributed by atoms with Crippen LogP contribution in [0, 0.1) is 0 Å². The Bertz CT molecular complexity index is 288. The van der Waals surface area contributed by atoms with Gasteiger partial charge in [0.2, 0.25) is 0 Å². The van der Waals surface area contributed by atoms with E-state index in [2.05, 4.69) is 0 Å². The number of nitrogens with two attached hydrogens (primary N) is 1. The Morgan fingerprint density at radius 1 is 1.64 bits per heavy atom. The van der Waals surface area contributed by atoms with E-state index in [1.165, 1.54) is 0 Å². The zero-order valence-electron chi connectivity index (χ0n) is 6.70. The van der Waals surface area contributed by atoms with Gasteiger partial charge in [-0.1, -0.05) is 0 Å². The molecular weight excluding hydrogens is 177 g/mol. The predicted octanol–water partition coefficient (Wildman–Crippen LogP) is 1.45. The molecule has 2 nitrogen and oxygen atoms in total. The van der Waals surface area contributed by atoms with Crippen molar-refractivity contribution in [3.8, 4) is 0 Å². The molecule has 0 radical (unpaired) electrons. The van der Waals surface area contributed by atoms with Crippen molar-refractivity contribution in [2.45, 2.75) is 6.54 Å². The number of rotatable bonds is 2. The second-order valence-corrected chi connectivity index (χ2v) is 7.04. The first-order chi connectivity index (χ1) is 5.04. The lowest BCUT2D eigenvalue weighted by molar-refractivity contribution is 0.588. The molecule has 0 saturated carbocycles. The maximum Gasteiger partial charge on any atom is 0.110 e. The molecule has 0 aromatic carbocycles. The molecule has 0 aliphatic heterocycles. The highest BCUT2D eigenvalue weighted by Crippen LogP contribution is 2.35. The summed E-state index contributed by atoms with van der Waals surface area (Å²) in [5, 5.41) is 2.88. The standard InChI is InChI=1S/C7H12NOPS/c1-10(2,9)6-3-7(4-8)11-5-6/h3,5H,4,8H2,1-2H3. The van der Waals surface area contributed by atoms with Crippen LogP contribution in [0.15, 0.2) is 11.4 Å². The van der Waals surface area contributed by atoms with Crippen LogP contribution in [0.1, 0.15) is 4.88 Å². The van der Waals surface area contributed by atoms with E-state index in [0.717, 1.165) is 10.2 Å². The lowest BCUT2D eigenvalue weighted by Crippen LogP contribution is -1.99. The Labute approximate surface area is 70.8 Å².